The molecule has 0 fully saturated rings. The maximum absolute atomic E-state index is 12.2. The number of hydrogen-bond donors (Lipinski definition) is 1. The van der Waals surface area contributed by atoms with E-state index in [0.29, 0.717) is 16.3 Å². The summed E-state index contributed by atoms with van der Waals surface area (Å²) >= 11 is 1.19. The van der Waals surface area contributed by atoms with E-state index in [1.54, 1.807) is 19.1 Å². The minimum atomic E-state index is -0.503. The zero-order valence-electron chi connectivity index (χ0n) is 13.0. The van der Waals surface area contributed by atoms with Gasteiger partial charge in [0.1, 0.15) is 11.1 Å². The van der Waals surface area contributed by atoms with Crippen LogP contribution in [0.4, 0.5) is 11.4 Å². The molecule has 1 unspecified atom stereocenters. The molecule has 1 aromatic heterocycles. The highest BCUT2D eigenvalue weighted by atomic mass is 32.2. The second-order valence-corrected chi connectivity index (χ2v) is 6.30. The maximum Gasteiger partial charge on any atom is 0.269 e. The Balaban J connectivity index is 2.06. The van der Waals surface area contributed by atoms with Crippen LogP contribution in [-0.2, 0) is 4.79 Å². The van der Waals surface area contributed by atoms with E-state index in [4.69, 9.17) is 5.26 Å². The van der Waals surface area contributed by atoms with E-state index < -0.39 is 10.2 Å². The van der Waals surface area contributed by atoms with Gasteiger partial charge in [-0.15, -0.1) is 0 Å². The summed E-state index contributed by atoms with van der Waals surface area (Å²) in [7, 11) is 0. The van der Waals surface area contributed by atoms with Crippen LogP contribution in [0.3, 0.4) is 0 Å². The van der Waals surface area contributed by atoms with E-state index in [9.17, 15) is 14.9 Å². The fourth-order valence-electron chi connectivity index (χ4n) is 1.84. The summed E-state index contributed by atoms with van der Waals surface area (Å²) in [6.45, 7) is 3.52. The highest BCUT2D eigenvalue weighted by molar-refractivity contribution is 8.00. The van der Waals surface area contributed by atoms with Crippen molar-refractivity contribution in [3.63, 3.8) is 0 Å². The Hall–Kier alpha value is -2.92. The second-order valence-electron chi connectivity index (χ2n) is 4.97. The number of nitrogens with zero attached hydrogens (tertiary/aromatic N) is 3. The molecule has 0 radical (unpaired) electrons. The summed E-state index contributed by atoms with van der Waals surface area (Å²) in [5.74, 6) is -0.277. The molecule has 1 heterocycles. The van der Waals surface area contributed by atoms with Gasteiger partial charge in [-0.3, -0.25) is 14.9 Å². The third-order valence-corrected chi connectivity index (χ3v) is 4.23. The summed E-state index contributed by atoms with van der Waals surface area (Å²) in [4.78, 5) is 26.6. The molecule has 0 aliphatic rings. The largest absolute Gasteiger partial charge is 0.325 e. The summed E-state index contributed by atoms with van der Waals surface area (Å²) in [5, 5.41) is 22.4. The van der Waals surface area contributed by atoms with Gasteiger partial charge in [-0.05, 0) is 38.1 Å². The Labute approximate surface area is 142 Å². The molecule has 8 heteroatoms. The van der Waals surface area contributed by atoms with Crippen molar-refractivity contribution in [3.8, 4) is 6.07 Å². The van der Waals surface area contributed by atoms with Gasteiger partial charge in [-0.1, -0.05) is 11.8 Å². The van der Waals surface area contributed by atoms with Crippen LogP contribution in [0.5, 0.6) is 0 Å². The predicted molar refractivity (Wildman–Crippen MR) is 90.7 cm³/mol. The predicted octanol–water partition coefficient (Wildman–Crippen LogP) is 3.29. The van der Waals surface area contributed by atoms with Crippen LogP contribution in [0.2, 0.25) is 0 Å². The molecule has 0 saturated heterocycles. The van der Waals surface area contributed by atoms with E-state index in [-0.39, 0.29) is 11.6 Å². The van der Waals surface area contributed by atoms with Crippen LogP contribution in [0.1, 0.15) is 18.2 Å². The van der Waals surface area contributed by atoms with Gasteiger partial charge >= 0.3 is 0 Å². The number of carbonyl (C=O) groups excluding carboxylic acids is 1. The van der Waals surface area contributed by atoms with E-state index in [1.165, 1.54) is 36.0 Å². The third kappa shape index (κ3) is 4.30. The zero-order chi connectivity index (χ0) is 17.7. The van der Waals surface area contributed by atoms with Gasteiger partial charge in [-0.2, -0.15) is 5.26 Å². The highest BCUT2D eigenvalue weighted by Gasteiger charge is 2.18. The SMILES string of the molecule is Cc1ccc(C#N)c(SC(C)C(=O)Nc2ccc([N+](=O)[O-])cc2)n1. The fraction of sp³-hybridized carbons (Fsp3) is 0.188. The summed E-state index contributed by atoms with van der Waals surface area (Å²) in [6.07, 6.45) is 0. The number of hydrogen-bond acceptors (Lipinski definition) is 6. The maximum atomic E-state index is 12.2. The number of nitro groups is 1. The summed E-state index contributed by atoms with van der Waals surface area (Å²) in [5.41, 5.74) is 1.61. The number of amides is 1. The molecule has 2 aromatic rings. The molecule has 1 aromatic carbocycles. The quantitative estimate of drug-likeness (QED) is 0.507. The minimum absolute atomic E-state index is 0.0435. The molecule has 7 nitrogen and oxygen atoms in total. The van der Waals surface area contributed by atoms with Crippen LogP contribution >= 0.6 is 11.8 Å². The zero-order valence-corrected chi connectivity index (χ0v) is 13.8. The first-order chi connectivity index (χ1) is 11.4. The lowest BCUT2D eigenvalue weighted by Crippen LogP contribution is -2.22. The Morgan fingerprint density at radius 2 is 2.00 bits per heavy atom. The lowest BCUT2D eigenvalue weighted by atomic mass is 10.3. The number of nitriles is 1. The number of benzene rings is 1. The van der Waals surface area contributed by atoms with Crippen LogP contribution < -0.4 is 5.32 Å². The first-order valence-corrected chi connectivity index (χ1v) is 7.88. The molecule has 1 atom stereocenters. The van der Waals surface area contributed by atoms with Crippen molar-refractivity contribution in [2.24, 2.45) is 0 Å². The number of aromatic nitrogens is 1. The standard InChI is InChI=1S/C16H14N4O3S/c1-10-3-4-12(9-17)16(18-10)24-11(2)15(21)19-13-5-7-14(8-6-13)20(22)23/h3-8,11H,1-2H3,(H,19,21). The lowest BCUT2D eigenvalue weighted by molar-refractivity contribution is -0.384. The van der Waals surface area contributed by atoms with E-state index in [0.717, 1.165) is 5.69 Å². The van der Waals surface area contributed by atoms with Gasteiger partial charge in [0.05, 0.1) is 15.7 Å². The van der Waals surface area contributed by atoms with Crippen molar-refractivity contribution in [2.75, 3.05) is 5.32 Å². The molecule has 0 spiro atoms. The molecule has 0 aliphatic carbocycles. The summed E-state index contributed by atoms with van der Waals surface area (Å²) < 4.78 is 0. The van der Waals surface area contributed by atoms with E-state index in [2.05, 4.69) is 16.4 Å². The number of non-ortho nitro benzene ring substituents is 1. The topological polar surface area (TPSA) is 109 Å². The van der Waals surface area contributed by atoms with Crippen molar-refractivity contribution in [1.29, 1.82) is 5.26 Å². The van der Waals surface area contributed by atoms with Crippen LogP contribution in [0, 0.1) is 28.4 Å². The number of pyridine rings is 1. The average Bonchev–Trinajstić information content (AvgIpc) is 2.55. The van der Waals surface area contributed by atoms with Crippen molar-refractivity contribution in [1.82, 2.24) is 4.98 Å². The molecule has 0 aliphatic heterocycles. The Morgan fingerprint density at radius 1 is 1.33 bits per heavy atom. The fourth-order valence-corrected chi connectivity index (χ4v) is 2.78. The van der Waals surface area contributed by atoms with Crippen molar-refractivity contribution in [3.05, 3.63) is 57.8 Å². The van der Waals surface area contributed by atoms with Gasteiger partial charge in [0.2, 0.25) is 5.91 Å². The number of thioether (sulfide) groups is 1. The van der Waals surface area contributed by atoms with Crippen molar-refractivity contribution >= 4 is 29.0 Å². The number of rotatable bonds is 5. The van der Waals surface area contributed by atoms with Gasteiger partial charge in [0, 0.05) is 23.5 Å². The molecule has 1 N–H and O–H groups in total. The van der Waals surface area contributed by atoms with Crippen LogP contribution in [0.25, 0.3) is 0 Å². The first kappa shape index (κ1) is 17.4. The number of carbonyl (C=O) groups is 1. The van der Waals surface area contributed by atoms with E-state index >= 15 is 0 Å². The van der Waals surface area contributed by atoms with Crippen molar-refractivity contribution < 1.29 is 9.72 Å². The molecule has 0 saturated carbocycles. The smallest absolute Gasteiger partial charge is 0.269 e. The molecule has 2 rings (SSSR count). The van der Waals surface area contributed by atoms with Gasteiger partial charge in [-0.25, -0.2) is 4.98 Å². The number of nitro benzene ring substituents is 1. The molecule has 122 valence electrons. The third-order valence-electron chi connectivity index (χ3n) is 3.12. The first-order valence-electron chi connectivity index (χ1n) is 7.00. The minimum Gasteiger partial charge on any atom is -0.325 e. The van der Waals surface area contributed by atoms with Gasteiger partial charge in [0.25, 0.3) is 5.69 Å². The van der Waals surface area contributed by atoms with Crippen molar-refractivity contribution in [2.45, 2.75) is 24.1 Å². The molecular weight excluding hydrogens is 328 g/mol. The molecule has 0 bridgehead atoms. The number of aryl methyl sites for hydroxylation is 1. The number of nitrogens with one attached hydrogen (secondary N) is 1. The Bertz CT molecular complexity index is 815. The lowest BCUT2D eigenvalue weighted by Gasteiger charge is -2.12. The Kier molecular flexibility index (Phi) is 5.50. The van der Waals surface area contributed by atoms with E-state index in [1.807, 2.05) is 6.92 Å². The van der Waals surface area contributed by atoms with Gasteiger partial charge in [0.15, 0.2) is 0 Å². The molecule has 1 amide bonds. The summed E-state index contributed by atoms with van der Waals surface area (Å²) in [6, 6.07) is 11.1. The second kappa shape index (κ2) is 7.57. The van der Waals surface area contributed by atoms with Crippen LogP contribution in [-0.4, -0.2) is 21.1 Å². The van der Waals surface area contributed by atoms with Gasteiger partial charge < -0.3 is 5.32 Å². The average molecular weight is 342 g/mol. The number of anilines is 1. The highest BCUT2D eigenvalue weighted by Crippen LogP contribution is 2.26. The molecule has 24 heavy (non-hydrogen) atoms. The Morgan fingerprint density at radius 3 is 2.58 bits per heavy atom. The normalized spacial score (nSPS) is 11.4. The van der Waals surface area contributed by atoms with Crippen LogP contribution in [0.15, 0.2) is 41.4 Å². The molecular formula is C16H14N4O3S. The monoisotopic (exact) mass is 342 g/mol.